The number of aromatic amines is 1. The van der Waals surface area contributed by atoms with Crippen LogP contribution >= 0.6 is 0 Å². The van der Waals surface area contributed by atoms with Gasteiger partial charge >= 0.3 is 0 Å². The quantitative estimate of drug-likeness (QED) is 0.698. The number of aromatic nitrogens is 3. The Labute approximate surface area is 117 Å². The molecule has 0 aliphatic heterocycles. The van der Waals surface area contributed by atoms with Crippen molar-refractivity contribution in [3.05, 3.63) is 35.9 Å². The maximum atomic E-state index is 12.1. The highest BCUT2D eigenvalue weighted by Crippen LogP contribution is 2.20. The summed E-state index contributed by atoms with van der Waals surface area (Å²) < 4.78 is 0. The van der Waals surface area contributed by atoms with Gasteiger partial charge < -0.3 is 16.0 Å². The van der Waals surface area contributed by atoms with Crippen molar-refractivity contribution in [2.45, 2.75) is 6.42 Å². The minimum atomic E-state index is -0.0628. The second-order valence-corrected chi connectivity index (χ2v) is 4.61. The molecule has 0 radical (unpaired) electrons. The van der Waals surface area contributed by atoms with E-state index < -0.39 is 0 Å². The summed E-state index contributed by atoms with van der Waals surface area (Å²) in [5, 5.41) is 9.79. The lowest BCUT2D eigenvalue weighted by Crippen LogP contribution is -2.23. The summed E-state index contributed by atoms with van der Waals surface area (Å²) in [7, 11) is 3.44. The van der Waals surface area contributed by atoms with Crippen LogP contribution in [0, 0.1) is 0 Å². The normalized spacial score (nSPS) is 10.3. The van der Waals surface area contributed by atoms with Crippen molar-refractivity contribution >= 4 is 17.3 Å². The van der Waals surface area contributed by atoms with Gasteiger partial charge in [-0.15, -0.1) is 0 Å². The fourth-order valence-corrected chi connectivity index (χ4v) is 1.80. The number of nitrogens with two attached hydrogens (primary N) is 1. The first-order valence-corrected chi connectivity index (χ1v) is 6.27. The second-order valence-electron chi connectivity index (χ2n) is 4.61. The number of anilines is 2. The monoisotopic (exact) mass is 274 g/mol. The van der Waals surface area contributed by atoms with E-state index in [0.717, 1.165) is 11.5 Å². The van der Waals surface area contributed by atoms with Gasteiger partial charge in [0.2, 0.25) is 0 Å². The highest BCUT2D eigenvalue weighted by atomic mass is 16.2. The fourth-order valence-electron chi connectivity index (χ4n) is 1.80. The van der Waals surface area contributed by atoms with E-state index in [1.807, 2.05) is 0 Å². The van der Waals surface area contributed by atoms with Crippen molar-refractivity contribution in [3.8, 4) is 0 Å². The lowest BCUT2D eigenvalue weighted by molar-refractivity contribution is 0.0828. The first-order chi connectivity index (χ1) is 9.58. The minimum absolute atomic E-state index is 0.0628. The number of rotatable bonds is 5. The molecule has 0 aliphatic rings. The molecule has 2 rings (SSSR count). The first kappa shape index (κ1) is 13.9. The van der Waals surface area contributed by atoms with E-state index in [1.54, 1.807) is 32.3 Å². The molecule has 1 aromatic carbocycles. The Morgan fingerprint density at radius 1 is 1.45 bits per heavy atom. The predicted molar refractivity (Wildman–Crippen MR) is 77.4 cm³/mol. The zero-order chi connectivity index (χ0) is 14.5. The number of amides is 1. The van der Waals surface area contributed by atoms with E-state index in [2.05, 4.69) is 20.5 Å². The lowest BCUT2D eigenvalue weighted by atomic mass is 10.1. The molecule has 0 bridgehead atoms. The summed E-state index contributed by atoms with van der Waals surface area (Å²) in [4.78, 5) is 17.7. The van der Waals surface area contributed by atoms with E-state index in [-0.39, 0.29) is 5.91 Å². The molecule has 0 saturated heterocycles. The number of hydrogen-bond donors (Lipinski definition) is 3. The Hall–Kier alpha value is -2.57. The zero-order valence-corrected chi connectivity index (χ0v) is 11.6. The predicted octanol–water partition coefficient (Wildman–Crippen LogP) is 0.743. The van der Waals surface area contributed by atoms with E-state index in [0.29, 0.717) is 24.2 Å². The summed E-state index contributed by atoms with van der Waals surface area (Å²) >= 11 is 0. The molecule has 0 spiro atoms. The van der Waals surface area contributed by atoms with Gasteiger partial charge in [-0.05, 0) is 18.2 Å². The summed E-state index contributed by atoms with van der Waals surface area (Å²) in [6.45, 7) is 0.631. The summed E-state index contributed by atoms with van der Waals surface area (Å²) in [6.07, 6.45) is 2.15. The maximum Gasteiger partial charge on any atom is 0.255 e. The third-order valence-electron chi connectivity index (χ3n) is 2.82. The molecule has 2 aromatic rings. The van der Waals surface area contributed by atoms with Crippen LogP contribution < -0.4 is 11.1 Å². The molecule has 1 amide bonds. The van der Waals surface area contributed by atoms with E-state index in [9.17, 15) is 4.79 Å². The first-order valence-electron chi connectivity index (χ1n) is 6.27. The van der Waals surface area contributed by atoms with Gasteiger partial charge in [-0.1, -0.05) is 0 Å². The SMILES string of the molecule is CN(C)C(=O)c1ccc(N)cc1NCCc1ncn[nH]1. The van der Waals surface area contributed by atoms with Gasteiger partial charge in [0.15, 0.2) is 0 Å². The van der Waals surface area contributed by atoms with Crippen molar-refractivity contribution in [2.24, 2.45) is 0 Å². The van der Waals surface area contributed by atoms with Crippen LogP contribution in [0.25, 0.3) is 0 Å². The summed E-state index contributed by atoms with van der Waals surface area (Å²) in [5.41, 5.74) is 7.71. The molecular weight excluding hydrogens is 256 g/mol. The van der Waals surface area contributed by atoms with Gasteiger partial charge in [0, 0.05) is 38.4 Å². The van der Waals surface area contributed by atoms with Crippen molar-refractivity contribution in [2.75, 3.05) is 31.7 Å². The number of nitrogens with one attached hydrogen (secondary N) is 2. The standard InChI is InChI=1S/C13H18N6O/c1-19(2)13(20)10-4-3-9(14)7-11(10)15-6-5-12-16-8-17-18-12/h3-4,7-8,15H,5-6,14H2,1-2H3,(H,16,17,18). The third-order valence-corrected chi connectivity index (χ3v) is 2.82. The molecular formula is C13H18N6O. The molecule has 1 aromatic heterocycles. The van der Waals surface area contributed by atoms with E-state index in [1.165, 1.54) is 11.2 Å². The van der Waals surface area contributed by atoms with Crippen LogP contribution in [0.3, 0.4) is 0 Å². The average molecular weight is 274 g/mol. The van der Waals surface area contributed by atoms with E-state index >= 15 is 0 Å². The van der Waals surface area contributed by atoms with Gasteiger partial charge in [-0.3, -0.25) is 9.89 Å². The average Bonchev–Trinajstić information content (AvgIpc) is 2.91. The molecule has 7 nitrogen and oxygen atoms in total. The number of hydrogen-bond acceptors (Lipinski definition) is 5. The molecule has 20 heavy (non-hydrogen) atoms. The molecule has 1 heterocycles. The molecule has 106 valence electrons. The molecule has 0 fully saturated rings. The maximum absolute atomic E-state index is 12.1. The lowest BCUT2D eigenvalue weighted by Gasteiger charge is -2.15. The van der Waals surface area contributed by atoms with Crippen molar-refractivity contribution in [1.82, 2.24) is 20.1 Å². The fraction of sp³-hybridized carbons (Fsp3) is 0.308. The summed E-state index contributed by atoms with van der Waals surface area (Å²) in [6, 6.07) is 5.21. The second kappa shape index (κ2) is 6.05. The number of carbonyl (C=O) groups excluding carboxylic acids is 1. The van der Waals surface area contributed by atoms with Crippen LogP contribution in [0.5, 0.6) is 0 Å². The van der Waals surface area contributed by atoms with Gasteiger partial charge in [0.05, 0.1) is 5.56 Å². The van der Waals surface area contributed by atoms with Crippen molar-refractivity contribution < 1.29 is 4.79 Å². The smallest absolute Gasteiger partial charge is 0.255 e. The third kappa shape index (κ3) is 3.25. The van der Waals surface area contributed by atoms with Gasteiger partial charge in [-0.25, -0.2) is 4.98 Å². The van der Waals surface area contributed by atoms with Crippen LogP contribution in [0.15, 0.2) is 24.5 Å². The Balaban J connectivity index is 2.09. The Morgan fingerprint density at radius 2 is 2.25 bits per heavy atom. The van der Waals surface area contributed by atoms with Gasteiger partial charge in [0.25, 0.3) is 5.91 Å². The molecule has 7 heteroatoms. The zero-order valence-electron chi connectivity index (χ0n) is 11.6. The van der Waals surface area contributed by atoms with E-state index in [4.69, 9.17) is 5.73 Å². The minimum Gasteiger partial charge on any atom is -0.399 e. The van der Waals surface area contributed by atoms with Crippen LogP contribution in [-0.4, -0.2) is 46.6 Å². The Kier molecular flexibility index (Phi) is 4.19. The number of benzene rings is 1. The van der Waals surface area contributed by atoms with Crippen LogP contribution in [0.1, 0.15) is 16.2 Å². The van der Waals surface area contributed by atoms with Gasteiger partial charge in [0.1, 0.15) is 12.2 Å². The molecule has 0 saturated carbocycles. The van der Waals surface area contributed by atoms with Crippen molar-refractivity contribution in [1.29, 1.82) is 0 Å². The summed E-state index contributed by atoms with van der Waals surface area (Å²) in [5.74, 6) is 0.731. The Bertz CT molecular complexity index is 579. The van der Waals surface area contributed by atoms with Crippen molar-refractivity contribution in [3.63, 3.8) is 0 Å². The highest BCUT2D eigenvalue weighted by molar-refractivity contribution is 5.99. The molecule has 0 atom stereocenters. The number of H-pyrrole nitrogens is 1. The van der Waals surface area contributed by atoms with Crippen LogP contribution in [-0.2, 0) is 6.42 Å². The van der Waals surface area contributed by atoms with Crippen LogP contribution in [0.4, 0.5) is 11.4 Å². The number of nitrogens with zero attached hydrogens (tertiary/aromatic N) is 3. The van der Waals surface area contributed by atoms with Crippen LogP contribution in [0.2, 0.25) is 0 Å². The number of nitrogen functional groups attached to an aromatic ring is 1. The van der Waals surface area contributed by atoms with Gasteiger partial charge in [-0.2, -0.15) is 5.10 Å². The highest BCUT2D eigenvalue weighted by Gasteiger charge is 2.13. The number of carbonyl (C=O) groups is 1. The molecule has 0 unspecified atom stereocenters. The molecule has 0 aliphatic carbocycles. The topological polar surface area (TPSA) is 99.9 Å². The molecule has 4 N–H and O–H groups in total. The largest absolute Gasteiger partial charge is 0.399 e. The Morgan fingerprint density at radius 3 is 2.90 bits per heavy atom.